The normalized spacial score (nSPS) is 14.7. The number of aliphatic hydroxyl groups is 1. The summed E-state index contributed by atoms with van der Waals surface area (Å²) in [4.78, 5) is 0. The lowest BCUT2D eigenvalue weighted by Crippen LogP contribution is -2.25. The van der Waals surface area contributed by atoms with Crippen LogP contribution in [0.1, 0.15) is 29.7 Å². The standard InChI is InChI=1S/C12H18BrNO2/c1-6-5-9(11(15)8(3)14)7(2)10(13)12(6)16-4/h5,8,11,15H,14H2,1-4H3. The average molecular weight is 288 g/mol. The summed E-state index contributed by atoms with van der Waals surface area (Å²) >= 11 is 3.48. The Morgan fingerprint density at radius 3 is 2.44 bits per heavy atom. The Morgan fingerprint density at radius 2 is 2.00 bits per heavy atom. The minimum absolute atomic E-state index is 0.293. The van der Waals surface area contributed by atoms with Gasteiger partial charge in [-0.1, -0.05) is 0 Å². The first-order valence-corrected chi connectivity index (χ1v) is 5.96. The fourth-order valence-electron chi connectivity index (χ4n) is 1.72. The Balaban J connectivity index is 3.34. The van der Waals surface area contributed by atoms with Crippen LogP contribution in [0, 0.1) is 13.8 Å². The number of aliphatic hydroxyl groups excluding tert-OH is 1. The van der Waals surface area contributed by atoms with Crippen LogP contribution in [0.25, 0.3) is 0 Å². The average Bonchev–Trinajstić information content (AvgIpc) is 2.23. The van der Waals surface area contributed by atoms with Crippen molar-refractivity contribution in [3.8, 4) is 5.75 Å². The highest BCUT2D eigenvalue weighted by atomic mass is 79.9. The molecule has 3 nitrogen and oxygen atoms in total. The summed E-state index contributed by atoms with van der Waals surface area (Å²) in [5.74, 6) is 0.804. The summed E-state index contributed by atoms with van der Waals surface area (Å²) in [6, 6.07) is 1.63. The number of ether oxygens (including phenoxy) is 1. The molecular weight excluding hydrogens is 270 g/mol. The number of rotatable bonds is 3. The van der Waals surface area contributed by atoms with Crippen molar-refractivity contribution in [2.45, 2.75) is 32.9 Å². The molecule has 4 heteroatoms. The summed E-state index contributed by atoms with van der Waals surface area (Å²) in [7, 11) is 1.63. The topological polar surface area (TPSA) is 55.5 Å². The molecule has 0 saturated heterocycles. The van der Waals surface area contributed by atoms with E-state index in [1.807, 2.05) is 19.9 Å². The Hall–Kier alpha value is -0.580. The minimum Gasteiger partial charge on any atom is -0.495 e. The molecule has 0 heterocycles. The van der Waals surface area contributed by atoms with Gasteiger partial charge in [0.1, 0.15) is 5.75 Å². The van der Waals surface area contributed by atoms with Crippen molar-refractivity contribution in [1.82, 2.24) is 0 Å². The molecule has 1 aromatic rings. The van der Waals surface area contributed by atoms with Gasteiger partial charge < -0.3 is 15.6 Å². The maximum absolute atomic E-state index is 10.0. The van der Waals surface area contributed by atoms with E-state index in [1.165, 1.54) is 0 Å². The molecular formula is C12H18BrNO2. The Labute approximate surface area is 105 Å². The zero-order valence-corrected chi connectivity index (χ0v) is 11.6. The summed E-state index contributed by atoms with van der Waals surface area (Å²) < 4.78 is 6.17. The summed E-state index contributed by atoms with van der Waals surface area (Å²) in [6.45, 7) is 5.67. The zero-order chi connectivity index (χ0) is 12.5. The first kappa shape index (κ1) is 13.5. The van der Waals surface area contributed by atoms with Crippen LogP contribution in [0.4, 0.5) is 0 Å². The van der Waals surface area contributed by atoms with Crippen LogP contribution in [0.3, 0.4) is 0 Å². The van der Waals surface area contributed by atoms with Crippen LogP contribution in [-0.2, 0) is 0 Å². The SMILES string of the molecule is COc1c(C)cc(C(O)C(C)N)c(C)c1Br. The summed E-state index contributed by atoms with van der Waals surface area (Å²) in [5, 5.41) is 10.0. The summed E-state index contributed by atoms with van der Waals surface area (Å²) in [6.07, 6.45) is -0.652. The van der Waals surface area contributed by atoms with Gasteiger partial charge in [-0.05, 0) is 59.5 Å². The van der Waals surface area contributed by atoms with Gasteiger partial charge >= 0.3 is 0 Å². The highest BCUT2D eigenvalue weighted by molar-refractivity contribution is 9.10. The second-order valence-corrected chi connectivity index (χ2v) is 4.85. The van der Waals surface area contributed by atoms with Crippen molar-refractivity contribution >= 4 is 15.9 Å². The number of hydrogen-bond acceptors (Lipinski definition) is 3. The van der Waals surface area contributed by atoms with E-state index in [9.17, 15) is 5.11 Å². The van der Waals surface area contributed by atoms with Gasteiger partial charge in [0, 0.05) is 6.04 Å². The zero-order valence-electron chi connectivity index (χ0n) is 10.0. The highest BCUT2D eigenvalue weighted by Crippen LogP contribution is 2.36. The number of benzene rings is 1. The molecule has 2 atom stereocenters. The Morgan fingerprint density at radius 1 is 1.44 bits per heavy atom. The first-order valence-electron chi connectivity index (χ1n) is 5.17. The van der Waals surface area contributed by atoms with Gasteiger partial charge in [-0.3, -0.25) is 0 Å². The number of aryl methyl sites for hydroxylation is 1. The van der Waals surface area contributed by atoms with Crippen molar-refractivity contribution in [2.24, 2.45) is 5.73 Å². The Kier molecular flexibility index (Phi) is 4.35. The molecule has 0 fully saturated rings. The fourth-order valence-corrected chi connectivity index (χ4v) is 2.42. The van der Waals surface area contributed by atoms with Crippen LogP contribution in [-0.4, -0.2) is 18.3 Å². The number of nitrogens with two attached hydrogens (primary N) is 1. The number of halogens is 1. The molecule has 0 amide bonds. The molecule has 0 saturated carbocycles. The second-order valence-electron chi connectivity index (χ2n) is 4.06. The maximum atomic E-state index is 10.0. The van der Waals surface area contributed by atoms with Gasteiger partial charge in [0.2, 0.25) is 0 Å². The third-order valence-electron chi connectivity index (χ3n) is 2.71. The molecule has 0 aliphatic rings. The number of hydrogen-bond donors (Lipinski definition) is 2. The molecule has 2 unspecified atom stereocenters. The van der Waals surface area contributed by atoms with Gasteiger partial charge in [0.15, 0.2) is 0 Å². The lowest BCUT2D eigenvalue weighted by atomic mass is 9.96. The smallest absolute Gasteiger partial charge is 0.136 e. The molecule has 0 radical (unpaired) electrons. The van der Waals surface area contributed by atoms with Gasteiger partial charge in [-0.15, -0.1) is 0 Å². The lowest BCUT2D eigenvalue weighted by molar-refractivity contribution is 0.152. The predicted octanol–water partition coefficient (Wildman–Crippen LogP) is 2.46. The van der Waals surface area contributed by atoms with E-state index < -0.39 is 6.10 Å². The highest BCUT2D eigenvalue weighted by Gasteiger charge is 2.19. The molecule has 0 aliphatic heterocycles. The van der Waals surface area contributed by atoms with Crippen molar-refractivity contribution in [1.29, 1.82) is 0 Å². The largest absolute Gasteiger partial charge is 0.495 e. The van der Waals surface area contributed by atoms with Crippen molar-refractivity contribution in [2.75, 3.05) is 7.11 Å². The van der Waals surface area contributed by atoms with Crippen molar-refractivity contribution < 1.29 is 9.84 Å². The van der Waals surface area contributed by atoms with Crippen molar-refractivity contribution in [3.63, 3.8) is 0 Å². The van der Waals surface area contributed by atoms with Crippen LogP contribution in [0.5, 0.6) is 5.75 Å². The third kappa shape index (κ3) is 2.39. The monoisotopic (exact) mass is 287 g/mol. The van der Waals surface area contributed by atoms with E-state index in [1.54, 1.807) is 14.0 Å². The van der Waals surface area contributed by atoms with Crippen LogP contribution < -0.4 is 10.5 Å². The second kappa shape index (κ2) is 5.17. The fraction of sp³-hybridized carbons (Fsp3) is 0.500. The lowest BCUT2D eigenvalue weighted by Gasteiger charge is -2.20. The van der Waals surface area contributed by atoms with Gasteiger partial charge in [0.05, 0.1) is 17.7 Å². The van der Waals surface area contributed by atoms with Gasteiger partial charge in [-0.25, -0.2) is 0 Å². The molecule has 1 rings (SSSR count). The summed E-state index contributed by atoms with van der Waals surface area (Å²) in [5.41, 5.74) is 8.50. The molecule has 90 valence electrons. The van der Waals surface area contributed by atoms with Crippen LogP contribution in [0.2, 0.25) is 0 Å². The van der Waals surface area contributed by atoms with E-state index in [2.05, 4.69) is 15.9 Å². The van der Waals surface area contributed by atoms with Gasteiger partial charge in [-0.2, -0.15) is 0 Å². The molecule has 0 aliphatic carbocycles. The predicted molar refractivity (Wildman–Crippen MR) is 68.8 cm³/mol. The van der Waals surface area contributed by atoms with Crippen LogP contribution in [0.15, 0.2) is 10.5 Å². The van der Waals surface area contributed by atoms with Gasteiger partial charge in [0.25, 0.3) is 0 Å². The van der Waals surface area contributed by atoms with Crippen molar-refractivity contribution in [3.05, 3.63) is 27.2 Å². The maximum Gasteiger partial charge on any atom is 0.136 e. The van der Waals surface area contributed by atoms with Crippen LogP contribution >= 0.6 is 15.9 Å². The molecule has 0 bridgehead atoms. The molecule has 16 heavy (non-hydrogen) atoms. The Bertz CT molecular complexity index is 391. The molecule has 0 aromatic heterocycles. The van der Waals surface area contributed by atoms with E-state index >= 15 is 0 Å². The van der Waals surface area contributed by atoms with E-state index in [-0.39, 0.29) is 6.04 Å². The van der Waals surface area contributed by atoms with E-state index in [0.29, 0.717) is 0 Å². The first-order chi connectivity index (χ1) is 7.40. The van der Waals surface area contributed by atoms with E-state index in [0.717, 1.165) is 26.9 Å². The molecule has 1 aromatic carbocycles. The molecule has 0 spiro atoms. The van der Waals surface area contributed by atoms with E-state index in [4.69, 9.17) is 10.5 Å². The minimum atomic E-state index is -0.652. The quantitative estimate of drug-likeness (QED) is 0.898. The third-order valence-corrected chi connectivity index (χ3v) is 3.67. The number of methoxy groups -OCH3 is 1. The molecule has 3 N–H and O–H groups in total.